The number of likely N-dealkylation sites (tertiary alicyclic amines) is 1. The van der Waals surface area contributed by atoms with Gasteiger partial charge in [0.1, 0.15) is 11.4 Å². The Morgan fingerprint density at radius 3 is 2.62 bits per heavy atom. The lowest BCUT2D eigenvalue weighted by atomic mass is 10.1. The molecule has 7 nitrogen and oxygen atoms in total. The van der Waals surface area contributed by atoms with Gasteiger partial charge in [-0.25, -0.2) is 4.79 Å². The second-order valence-corrected chi connectivity index (χ2v) is 7.36. The fourth-order valence-corrected chi connectivity index (χ4v) is 3.25. The summed E-state index contributed by atoms with van der Waals surface area (Å²) in [5.41, 5.74) is 0.915. The van der Waals surface area contributed by atoms with Crippen LogP contribution in [0.1, 0.15) is 25.7 Å². The molecule has 0 radical (unpaired) electrons. The first-order valence-electron chi connectivity index (χ1n) is 9.57. The highest BCUT2D eigenvalue weighted by Crippen LogP contribution is 2.30. The number of piperidine rings is 1. The molecular weight excluding hydrogens is 389 g/mol. The van der Waals surface area contributed by atoms with Gasteiger partial charge in [0.25, 0.3) is 0 Å². The number of halogens is 3. The van der Waals surface area contributed by atoms with E-state index in [1.54, 1.807) is 4.90 Å². The van der Waals surface area contributed by atoms with Crippen LogP contribution in [0.25, 0.3) is 11.3 Å². The van der Waals surface area contributed by atoms with Crippen molar-refractivity contribution in [3.8, 4) is 17.0 Å². The first kappa shape index (κ1) is 19.7. The molecule has 1 saturated carbocycles. The van der Waals surface area contributed by atoms with E-state index >= 15 is 0 Å². The summed E-state index contributed by atoms with van der Waals surface area (Å²) in [7, 11) is 0. The van der Waals surface area contributed by atoms with Crippen LogP contribution in [-0.2, 0) is 4.74 Å². The summed E-state index contributed by atoms with van der Waals surface area (Å²) >= 11 is 0. The molecule has 1 aromatic heterocycles. The highest BCUT2D eigenvalue weighted by molar-refractivity contribution is 5.75. The zero-order valence-corrected chi connectivity index (χ0v) is 15.6. The van der Waals surface area contributed by atoms with Crippen molar-refractivity contribution in [3.63, 3.8) is 0 Å². The number of hydrogen-bond donors (Lipinski definition) is 0. The molecule has 2 fully saturated rings. The Kier molecular flexibility index (Phi) is 5.44. The molecule has 10 heteroatoms. The lowest BCUT2D eigenvalue weighted by Crippen LogP contribution is -2.45. The Bertz CT molecular complexity index is 849. The van der Waals surface area contributed by atoms with Crippen molar-refractivity contribution >= 4 is 6.03 Å². The quantitative estimate of drug-likeness (QED) is 0.752. The van der Waals surface area contributed by atoms with Gasteiger partial charge in [-0.05, 0) is 55.9 Å². The van der Waals surface area contributed by atoms with Crippen LogP contribution in [0.5, 0.6) is 5.75 Å². The van der Waals surface area contributed by atoms with Gasteiger partial charge in [0, 0.05) is 25.3 Å². The first-order chi connectivity index (χ1) is 13.9. The zero-order chi connectivity index (χ0) is 20.4. The van der Waals surface area contributed by atoms with E-state index in [1.165, 1.54) is 43.3 Å². The van der Waals surface area contributed by atoms with Gasteiger partial charge < -0.3 is 14.4 Å². The van der Waals surface area contributed by atoms with Crippen LogP contribution in [0.3, 0.4) is 0 Å². The van der Waals surface area contributed by atoms with Gasteiger partial charge in [-0.2, -0.15) is 5.10 Å². The first-order valence-corrected chi connectivity index (χ1v) is 9.57. The van der Waals surface area contributed by atoms with Crippen LogP contribution >= 0.6 is 0 Å². The van der Waals surface area contributed by atoms with Crippen LogP contribution < -0.4 is 4.74 Å². The van der Waals surface area contributed by atoms with Gasteiger partial charge in [0.2, 0.25) is 0 Å². The third-order valence-electron chi connectivity index (χ3n) is 4.96. The minimum absolute atomic E-state index is 0.0320. The van der Waals surface area contributed by atoms with E-state index in [0.29, 0.717) is 30.3 Å². The van der Waals surface area contributed by atoms with Crippen molar-refractivity contribution in [2.75, 3.05) is 19.7 Å². The monoisotopic (exact) mass is 410 g/mol. The van der Waals surface area contributed by atoms with Crippen molar-refractivity contribution in [2.45, 2.75) is 38.1 Å². The summed E-state index contributed by atoms with van der Waals surface area (Å²) in [6.45, 7) is 1.87. The topological polar surface area (TPSA) is 69.5 Å². The number of benzene rings is 1. The maximum absolute atomic E-state index is 12.7. The molecule has 0 bridgehead atoms. The third-order valence-corrected chi connectivity index (χ3v) is 4.96. The molecule has 2 aliphatic rings. The number of carbonyl (C=O) groups excluding carboxylic acids is 1. The van der Waals surface area contributed by atoms with Gasteiger partial charge in [-0.1, -0.05) is 4.80 Å². The Morgan fingerprint density at radius 2 is 1.93 bits per heavy atom. The van der Waals surface area contributed by atoms with E-state index in [1.807, 2.05) is 0 Å². The lowest BCUT2D eigenvalue weighted by Gasteiger charge is -2.31. The molecule has 4 rings (SSSR count). The van der Waals surface area contributed by atoms with Gasteiger partial charge in [-0.15, -0.1) is 18.3 Å². The van der Waals surface area contributed by atoms with E-state index in [4.69, 9.17) is 4.74 Å². The van der Waals surface area contributed by atoms with Crippen molar-refractivity contribution in [3.05, 3.63) is 30.5 Å². The van der Waals surface area contributed by atoms with Crippen LogP contribution in [0.2, 0.25) is 0 Å². The summed E-state index contributed by atoms with van der Waals surface area (Å²) in [5.74, 6) is 0.347. The van der Waals surface area contributed by atoms with E-state index in [-0.39, 0.29) is 17.9 Å². The van der Waals surface area contributed by atoms with E-state index in [2.05, 4.69) is 14.9 Å². The molecule has 156 valence electrons. The second-order valence-electron chi connectivity index (χ2n) is 7.36. The maximum Gasteiger partial charge on any atom is 0.573 e. The molecule has 1 amide bonds. The summed E-state index contributed by atoms with van der Waals surface area (Å²) in [5, 5.41) is 8.20. The standard InChI is InChI=1S/C19H21F3N4O3/c20-19(21,22)29-15-7-5-14(6-8-15)17-10-23-26(24-17)18(27)25-9-1-2-16(11-25)28-12-13-3-4-13/h5-8,10,13,16H,1-4,9,11-12H2. The molecular formula is C19H21F3N4O3. The van der Waals surface area contributed by atoms with Crippen molar-refractivity contribution in [1.82, 2.24) is 19.9 Å². The number of aromatic nitrogens is 3. The van der Waals surface area contributed by atoms with Crippen molar-refractivity contribution in [2.24, 2.45) is 5.92 Å². The molecule has 1 aliphatic carbocycles. The number of nitrogens with zero attached hydrogens (tertiary/aromatic N) is 4. The van der Waals surface area contributed by atoms with E-state index in [9.17, 15) is 18.0 Å². The SMILES string of the molecule is O=C(N1CCCC(OCC2CC2)C1)n1ncc(-c2ccc(OC(F)(F)F)cc2)n1. The number of hydrogen-bond acceptors (Lipinski definition) is 5. The highest BCUT2D eigenvalue weighted by Gasteiger charge is 2.31. The van der Waals surface area contributed by atoms with Gasteiger partial charge in [-0.3, -0.25) is 0 Å². The molecule has 2 heterocycles. The van der Waals surface area contributed by atoms with Crippen molar-refractivity contribution in [1.29, 1.82) is 0 Å². The van der Waals surface area contributed by atoms with Crippen LogP contribution in [-0.4, -0.2) is 58.1 Å². The molecule has 1 aliphatic heterocycles. The van der Waals surface area contributed by atoms with E-state index < -0.39 is 6.36 Å². The summed E-state index contributed by atoms with van der Waals surface area (Å²) in [6, 6.07) is 4.91. The minimum atomic E-state index is -4.74. The van der Waals surface area contributed by atoms with Gasteiger partial charge >= 0.3 is 12.4 Å². The number of rotatable bonds is 5. The molecule has 1 unspecified atom stereocenters. The Balaban J connectivity index is 1.38. The minimum Gasteiger partial charge on any atom is -0.406 e. The largest absolute Gasteiger partial charge is 0.573 e. The maximum atomic E-state index is 12.7. The zero-order valence-electron chi connectivity index (χ0n) is 15.6. The number of ether oxygens (including phenoxy) is 2. The smallest absolute Gasteiger partial charge is 0.406 e. The van der Waals surface area contributed by atoms with Crippen LogP contribution in [0.4, 0.5) is 18.0 Å². The normalized spacial score (nSPS) is 20.0. The van der Waals surface area contributed by atoms with E-state index in [0.717, 1.165) is 24.2 Å². The predicted molar refractivity (Wildman–Crippen MR) is 96.2 cm³/mol. The Hall–Kier alpha value is -2.62. The molecule has 0 N–H and O–H groups in total. The molecule has 1 atom stereocenters. The predicted octanol–water partition coefficient (Wildman–Crippen LogP) is 3.70. The number of carbonyl (C=O) groups is 1. The number of amides is 1. The van der Waals surface area contributed by atoms with Gasteiger partial charge in [0.05, 0.1) is 12.3 Å². The Morgan fingerprint density at radius 1 is 1.17 bits per heavy atom. The molecule has 1 aromatic carbocycles. The average molecular weight is 410 g/mol. The highest BCUT2D eigenvalue weighted by atomic mass is 19.4. The summed E-state index contributed by atoms with van der Waals surface area (Å²) in [4.78, 5) is 15.4. The van der Waals surface area contributed by atoms with Gasteiger partial charge in [0.15, 0.2) is 0 Å². The van der Waals surface area contributed by atoms with Crippen molar-refractivity contribution < 1.29 is 27.4 Å². The fourth-order valence-electron chi connectivity index (χ4n) is 3.25. The summed E-state index contributed by atoms with van der Waals surface area (Å²) in [6.07, 6.45) is 0.923. The molecule has 29 heavy (non-hydrogen) atoms. The lowest BCUT2D eigenvalue weighted by molar-refractivity contribution is -0.274. The van der Waals surface area contributed by atoms with Crippen LogP contribution in [0, 0.1) is 5.92 Å². The third kappa shape index (κ3) is 5.26. The average Bonchev–Trinajstić information content (AvgIpc) is 3.40. The molecule has 1 saturated heterocycles. The number of alkyl halides is 3. The summed E-state index contributed by atoms with van der Waals surface area (Å²) < 4.78 is 46.5. The molecule has 0 spiro atoms. The second kappa shape index (κ2) is 8.02. The Labute approximate surface area is 165 Å². The fraction of sp³-hybridized carbons (Fsp3) is 0.526. The van der Waals surface area contributed by atoms with Crippen LogP contribution in [0.15, 0.2) is 30.5 Å². The molecule has 2 aromatic rings.